The number of rotatable bonds is 8. The molecule has 8 nitrogen and oxygen atoms in total. The van der Waals surface area contributed by atoms with Gasteiger partial charge in [-0.1, -0.05) is 48.0 Å². The van der Waals surface area contributed by atoms with Crippen molar-refractivity contribution in [1.82, 2.24) is 9.78 Å². The number of nitrogens with one attached hydrogen (secondary N) is 1. The fourth-order valence-electron chi connectivity index (χ4n) is 4.45. The first-order chi connectivity index (χ1) is 19.9. The summed E-state index contributed by atoms with van der Waals surface area (Å²) in [6.45, 7) is 3.35. The summed E-state index contributed by atoms with van der Waals surface area (Å²) in [4.78, 5) is 25.0. The van der Waals surface area contributed by atoms with Gasteiger partial charge in [0.2, 0.25) is 5.88 Å². The first-order valence-corrected chi connectivity index (χ1v) is 13.0. The molecule has 0 fully saturated rings. The van der Waals surface area contributed by atoms with E-state index in [9.17, 15) is 9.59 Å². The molecule has 0 unspecified atom stereocenters. The highest BCUT2D eigenvalue weighted by Crippen LogP contribution is 2.43. The highest BCUT2D eigenvalue weighted by molar-refractivity contribution is 6.04. The zero-order valence-corrected chi connectivity index (χ0v) is 23.2. The van der Waals surface area contributed by atoms with E-state index in [0.29, 0.717) is 34.0 Å². The van der Waals surface area contributed by atoms with Crippen molar-refractivity contribution >= 4 is 17.6 Å². The van der Waals surface area contributed by atoms with Crippen LogP contribution >= 0.6 is 0 Å². The second kappa shape index (κ2) is 11.8. The largest absolute Gasteiger partial charge is 0.493 e. The predicted molar refractivity (Wildman–Crippen MR) is 158 cm³/mol. The second-order valence-corrected chi connectivity index (χ2v) is 9.34. The van der Waals surface area contributed by atoms with Gasteiger partial charge in [-0.05, 0) is 67.1 Å². The van der Waals surface area contributed by atoms with Gasteiger partial charge >= 0.3 is 5.97 Å². The smallest absolute Gasteiger partial charge is 0.309 e. The van der Waals surface area contributed by atoms with Gasteiger partial charge in [-0.2, -0.15) is 9.78 Å². The van der Waals surface area contributed by atoms with E-state index in [0.717, 1.165) is 22.4 Å². The molecule has 1 heterocycles. The Morgan fingerprint density at radius 2 is 1.44 bits per heavy atom. The average Bonchev–Trinajstić information content (AvgIpc) is 3.36. The molecule has 5 aromatic rings. The lowest BCUT2D eigenvalue weighted by Crippen LogP contribution is -2.11. The van der Waals surface area contributed by atoms with E-state index >= 15 is 0 Å². The molecule has 0 saturated carbocycles. The van der Waals surface area contributed by atoms with Crippen molar-refractivity contribution in [2.24, 2.45) is 0 Å². The topological polar surface area (TPSA) is 91.7 Å². The molecule has 0 aliphatic rings. The van der Waals surface area contributed by atoms with Crippen LogP contribution in [0.4, 0.5) is 5.69 Å². The number of nitrogens with zero attached hydrogens (tertiary/aromatic N) is 2. The van der Waals surface area contributed by atoms with Gasteiger partial charge in [0.1, 0.15) is 5.69 Å². The first kappa shape index (κ1) is 27.2. The minimum absolute atomic E-state index is 0.211. The minimum Gasteiger partial charge on any atom is -0.493 e. The van der Waals surface area contributed by atoms with Gasteiger partial charge < -0.3 is 19.5 Å². The van der Waals surface area contributed by atoms with Gasteiger partial charge in [-0.3, -0.25) is 9.59 Å². The van der Waals surface area contributed by atoms with Crippen LogP contribution in [0, 0.1) is 6.92 Å². The highest BCUT2D eigenvalue weighted by atomic mass is 16.5. The third kappa shape index (κ3) is 5.81. The molecule has 0 bridgehead atoms. The number of anilines is 1. The Labute approximate surface area is 238 Å². The molecular weight excluding hydrogens is 518 g/mol. The summed E-state index contributed by atoms with van der Waals surface area (Å²) in [6, 6.07) is 29.6. The number of carbonyl (C=O) groups is 2. The van der Waals surface area contributed by atoms with Crippen LogP contribution in [0.2, 0.25) is 0 Å². The van der Waals surface area contributed by atoms with E-state index in [4.69, 9.17) is 19.3 Å². The Morgan fingerprint density at radius 1 is 0.780 bits per heavy atom. The van der Waals surface area contributed by atoms with E-state index in [-0.39, 0.29) is 11.8 Å². The molecule has 1 amide bonds. The summed E-state index contributed by atoms with van der Waals surface area (Å²) in [5.41, 5.74) is 5.65. The number of ether oxygens (including phenoxy) is 3. The normalized spacial score (nSPS) is 10.6. The maximum atomic E-state index is 12.7. The van der Waals surface area contributed by atoms with Crippen LogP contribution in [-0.2, 0) is 4.79 Å². The van der Waals surface area contributed by atoms with Crippen molar-refractivity contribution in [1.29, 1.82) is 0 Å². The van der Waals surface area contributed by atoms with Crippen LogP contribution in [-0.4, -0.2) is 35.9 Å². The molecular formula is C33H29N3O5. The second-order valence-electron chi connectivity index (χ2n) is 9.34. The molecule has 0 saturated heterocycles. The number of carbonyl (C=O) groups excluding carboxylic acids is 2. The summed E-state index contributed by atoms with van der Waals surface area (Å²) >= 11 is 0. The fourth-order valence-corrected chi connectivity index (χ4v) is 4.45. The SMILES string of the molecule is COc1ccc(-c2nn(-c3ccc(C)cc3)c(OC(C)=O)c2-c2ccc(NC(=O)c3ccccc3)cc2)cc1OC. The van der Waals surface area contributed by atoms with E-state index in [1.807, 2.05) is 73.7 Å². The zero-order valence-electron chi connectivity index (χ0n) is 23.2. The highest BCUT2D eigenvalue weighted by Gasteiger charge is 2.25. The quantitative estimate of drug-likeness (QED) is 0.217. The molecule has 0 atom stereocenters. The third-order valence-electron chi connectivity index (χ3n) is 6.49. The molecule has 0 aliphatic heterocycles. The van der Waals surface area contributed by atoms with Crippen molar-refractivity contribution in [3.05, 3.63) is 108 Å². The number of esters is 1. The van der Waals surface area contributed by atoms with Crippen molar-refractivity contribution < 1.29 is 23.8 Å². The van der Waals surface area contributed by atoms with Gasteiger partial charge in [0.15, 0.2) is 11.5 Å². The van der Waals surface area contributed by atoms with Gasteiger partial charge in [0.25, 0.3) is 5.91 Å². The predicted octanol–water partition coefficient (Wildman–Crippen LogP) is 6.71. The van der Waals surface area contributed by atoms with Crippen molar-refractivity contribution in [2.75, 3.05) is 19.5 Å². The Kier molecular flexibility index (Phi) is 7.83. The summed E-state index contributed by atoms with van der Waals surface area (Å²) in [5.74, 6) is 0.692. The van der Waals surface area contributed by atoms with Gasteiger partial charge in [0.05, 0.1) is 25.5 Å². The number of hydrogen-bond acceptors (Lipinski definition) is 6. The Hall–Kier alpha value is -5.37. The minimum atomic E-state index is -0.481. The molecule has 0 aliphatic carbocycles. The first-order valence-electron chi connectivity index (χ1n) is 13.0. The van der Waals surface area contributed by atoms with Gasteiger partial charge in [0, 0.05) is 23.7 Å². The zero-order chi connectivity index (χ0) is 28.9. The number of amides is 1. The van der Waals surface area contributed by atoms with Crippen LogP contribution in [0.5, 0.6) is 17.4 Å². The molecule has 4 aromatic carbocycles. The lowest BCUT2D eigenvalue weighted by Gasteiger charge is -2.11. The van der Waals surface area contributed by atoms with E-state index < -0.39 is 5.97 Å². The maximum absolute atomic E-state index is 12.7. The molecule has 206 valence electrons. The Balaban J connectivity index is 1.65. The average molecular weight is 548 g/mol. The van der Waals surface area contributed by atoms with Crippen molar-refractivity contribution in [2.45, 2.75) is 13.8 Å². The molecule has 1 N–H and O–H groups in total. The number of aryl methyl sites for hydroxylation is 1. The summed E-state index contributed by atoms with van der Waals surface area (Å²) < 4.78 is 18.4. The van der Waals surface area contributed by atoms with E-state index in [1.54, 1.807) is 49.2 Å². The van der Waals surface area contributed by atoms with Crippen LogP contribution in [0.3, 0.4) is 0 Å². The molecule has 1 aromatic heterocycles. The maximum Gasteiger partial charge on any atom is 0.309 e. The van der Waals surface area contributed by atoms with Crippen molar-refractivity contribution in [3.8, 4) is 45.5 Å². The Bertz CT molecular complexity index is 1690. The number of methoxy groups -OCH3 is 2. The van der Waals surface area contributed by atoms with Crippen LogP contribution in [0.1, 0.15) is 22.8 Å². The summed E-state index contributed by atoms with van der Waals surface area (Å²) in [5, 5.41) is 7.84. The Morgan fingerprint density at radius 3 is 2.07 bits per heavy atom. The molecule has 5 rings (SSSR count). The molecule has 0 radical (unpaired) electrons. The van der Waals surface area contributed by atoms with E-state index in [1.165, 1.54) is 6.92 Å². The number of aromatic nitrogens is 2. The van der Waals surface area contributed by atoms with Gasteiger partial charge in [-0.15, -0.1) is 0 Å². The van der Waals surface area contributed by atoms with E-state index in [2.05, 4.69) is 5.32 Å². The van der Waals surface area contributed by atoms with Crippen LogP contribution < -0.4 is 19.5 Å². The molecule has 8 heteroatoms. The lowest BCUT2D eigenvalue weighted by molar-refractivity contribution is -0.132. The summed E-state index contributed by atoms with van der Waals surface area (Å²) in [6.07, 6.45) is 0. The molecule has 41 heavy (non-hydrogen) atoms. The lowest BCUT2D eigenvalue weighted by atomic mass is 10.0. The van der Waals surface area contributed by atoms with Crippen molar-refractivity contribution in [3.63, 3.8) is 0 Å². The fraction of sp³-hybridized carbons (Fsp3) is 0.121. The molecule has 0 spiro atoms. The van der Waals surface area contributed by atoms with Gasteiger partial charge in [-0.25, -0.2) is 0 Å². The standard InChI is InChI=1S/C33H29N3O5/c1-21-10-17-27(18-11-21)36-33(41-22(2)37)30(31(35-36)25-14-19-28(39-3)29(20-25)40-4)23-12-15-26(16-13-23)34-32(38)24-8-6-5-7-9-24/h5-20H,1-4H3,(H,34,38). The third-order valence-corrected chi connectivity index (χ3v) is 6.49. The number of benzene rings is 4. The van der Waals surface area contributed by atoms with Crippen LogP contribution in [0.15, 0.2) is 97.1 Å². The van der Waals surface area contributed by atoms with Crippen LogP contribution in [0.25, 0.3) is 28.1 Å². The monoisotopic (exact) mass is 547 g/mol. The number of hydrogen-bond donors (Lipinski definition) is 1. The summed E-state index contributed by atoms with van der Waals surface area (Å²) in [7, 11) is 3.15.